The number of rotatable bonds is 6. The number of pyridine rings is 1. The Kier molecular flexibility index (Phi) is 4.75. The Hall–Kier alpha value is -1.63. The van der Waals surface area contributed by atoms with Gasteiger partial charge in [0.25, 0.3) is 0 Å². The molecular formula is C15H24N4O2S. The molecule has 0 radical (unpaired) electrons. The molecule has 0 spiro atoms. The van der Waals surface area contributed by atoms with Crippen molar-refractivity contribution in [1.82, 2.24) is 14.5 Å². The van der Waals surface area contributed by atoms with Gasteiger partial charge in [0.05, 0.1) is 17.5 Å². The lowest BCUT2D eigenvalue weighted by atomic mass is 10.0. The van der Waals surface area contributed by atoms with Crippen LogP contribution in [-0.4, -0.2) is 35.0 Å². The van der Waals surface area contributed by atoms with Crippen LogP contribution in [0.5, 0.6) is 0 Å². The van der Waals surface area contributed by atoms with Gasteiger partial charge in [-0.1, -0.05) is 13.8 Å². The molecular weight excluding hydrogens is 300 g/mol. The summed E-state index contributed by atoms with van der Waals surface area (Å²) in [7, 11) is -2.90. The summed E-state index contributed by atoms with van der Waals surface area (Å²) in [6.07, 6.45) is 4.47. The Morgan fingerprint density at radius 2 is 2.00 bits per heavy atom. The van der Waals surface area contributed by atoms with Crippen molar-refractivity contribution in [3.63, 3.8) is 0 Å². The molecule has 0 amide bonds. The second-order valence-corrected chi connectivity index (χ2v) is 8.39. The maximum absolute atomic E-state index is 11.2. The molecule has 0 atom stereocenters. The third-order valence-corrected chi connectivity index (χ3v) is 4.80. The van der Waals surface area contributed by atoms with Crippen LogP contribution in [0.4, 0.5) is 5.82 Å². The molecule has 22 heavy (non-hydrogen) atoms. The number of hydrogen-bond donors (Lipinski definition) is 1. The first-order valence-electron chi connectivity index (χ1n) is 7.49. The summed E-state index contributed by atoms with van der Waals surface area (Å²) in [5.74, 6) is 0.971. The molecule has 0 saturated heterocycles. The number of nitrogens with two attached hydrogens (primary N) is 1. The number of aromatic nitrogens is 3. The van der Waals surface area contributed by atoms with Gasteiger partial charge in [0.2, 0.25) is 0 Å². The molecule has 2 aromatic rings. The molecule has 0 aliphatic carbocycles. The summed E-state index contributed by atoms with van der Waals surface area (Å²) in [4.78, 5) is 8.83. The number of anilines is 1. The summed E-state index contributed by atoms with van der Waals surface area (Å²) in [5.41, 5.74) is 9.85. The summed E-state index contributed by atoms with van der Waals surface area (Å²) in [6, 6.07) is 0. The van der Waals surface area contributed by atoms with Crippen molar-refractivity contribution >= 4 is 26.7 Å². The zero-order valence-electron chi connectivity index (χ0n) is 13.6. The van der Waals surface area contributed by atoms with Gasteiger partial charge in [-0.25, -0.2) is 18.4 Å². The quantitative estimate of drug-likeness (QED) is 0.823. The lowest BCUT2D eigenvalue weighted by molar-refractivity contribution is 0.590. The molecule has 0 bridgehead atoms. The molecule has 0 unspecified atom stereocenters. The summed E-state index contributed by atoms with van der Waals surface area (Å²) in [5, 5.41) is 0. The minimum absolute atomic E-state index is 0.222. The van der Waals surface area contributed by atoms with Gasteiger partial charge in [-0.05, 0) is 31.2 Å². The fourth-order valence-electron chi connectivity index (χ4n) is 2.73. The SMILES string of the molecule is Cc1c(C(C)C)nc(N)c2ncn(CCCCS(C)(=O)=O)c12. The minimum atomic E-state index is -2.90. The first-order chi connectivity index (χ1) is 10.2. The Morgan fingerprint density at radius 1 is 1.32 bits per heavy atom. The van der Waals surface area contributed by atoms with E-state index in [-0.39, 0.29) is 5.75 Å². The van der Waals surface area contributed by atoms with E-state index < -0.39 is 9.84 Å². The highest BCUT2D eigenvalue weighted by molar-refractivity contribution is 7.90. The van der Waals surface area contributed by atoms with Crippen LogP contribution in [0.1, 0.15) is 43.9 Å². The molecule has 7 heteroatoms. The van der Waals surface area contributed by atoms with Crippen molar-refractivity contribution in [3.8, 4) is 0 Å². The first kappa shape index (κ1) is 16.7. The average Bonchev–Trinajstić information content (AvgIpc) is 2.82. The molecule has 6 nitrogen and oxygen atoms in total. The third-order valence-electron chi connectivity index (χ3n) is 3.77. The highest BCUT2D eigenvalue weighted by atomic mass is 32.2. The Balaban J connectivity index is 2.28. The van der Waals surface area contributed by atoms with Crippen LogP contribution in [0.15, 0.2) is 6.33 Å². The van der Waals surface area contributed by atoms with Crippen molar-refractivity contribution in [1.29, 1.82) is 0 Å². The first-order valence-corrected chi connectivity index (χ1v) is 9.55. The zero-order valence-corrected chi connectivity index (χ0v) is 14.4. The maximum atomic E-state index is 11.2. The van der Waals surface area contributed by atoms with Crippen molar-refractivity contribution in [3.05, 3.63) is 17.6 Å². The molecule has 0 saturated carbocycles. The normalized spacial score (nSPS) is 12.4. The molecule has 2 rings (SSSR count). The summed E-state index contributed by atoms with van der Waals surface area (Å²) in [6.45, 7) is 6.95. The fourth-order valence-corrected chi connectivity index (χ4v) is 3.46. The smallest absolute Gasteiger partial charge is 0.151 e. The third kappa shape index (κ3) is 3.58. The van der Waals surface area contributed by atoms with E-state index in [0.717, 1.165) is 35.3 Å². The van der Waals surface area contributed by atoms with Gasteiger partial charge in [-0.2, -0.15) is 0 Å². The van der Waals surface area contributed by atoms with Gasteiger partial charge < -0.3 is 10.3 Å². The number of hydrogen-bond acceptors (Lipinski definition) is 5. The predicted octanol–water partition coefficient (Wildman–Crippen LogP) is 2.27. The van der Waals surface area contributed by atoms with Gasteiger partial charge in [-0.3, -0.25) is 0 Å². The Bertz CT molecular complexity index is 778. The van der Waals surface area contributed by atoms with Crippen LogP contribution in [0, 0.1) is 6.92 Å². The summed E-state index contributed by atoms with van der Waals surface area (Å²) < 4.78 is 24.4. The second-order valence-electron chi connectivity index (χ2n) is 6.13. The molecule has 0 fully saturated rings. The average molecular weight is 324 g/mol. The van der Waals surface area contributed by atoms with Gasteiger partial charge in [0.1, 0.15) is 15.4 Å². The van der Waals surface area contributed by atoms with E-state index in [1.807, 2.05) is 6.92 Å². The van der Waals surface area contributed by atoms with Crippen LogP contribution in [0.2, 0.25) is 0 Å². The summed E-state index contributed by atoms with van der Waals surface area (Å²) >= 11 is 0. The largest absolute Gasteiger partial charge is 0.382 e. The van der Waals surface area contributed by atoms with Crippen molar-refractivity contribution in [2.75, 3.05) is 17.7 Å². The standard InChI is InChI=1S/C15H24N4O2S/c1-10(2)12-11(3)14-13(15(16)18-12)17-9-19(14)7-5-6-8-22(4,20)21/h9-10H,5-8H2,1-4H3,(H2,16,18). The van der Waals surface area contributed by atoms with Crippen LogP contribution in [-0.2, 0) is 16.4 Å². The number of fused-ring (bicyclic) bond motifs is 1. The molecule has 2 heterocycles. The van der Waals surface area contributed by atoms with Gasteiger partial charge in [-0.15, -0.1) is 0 Å². The van der Waals surface area contributed by atoms with E-state index in [9.17, 15) is 8.42 Å². The van der Waals surface area contributed by atoms with Crippen molar-refractivity contribution in [2.24, 2.45) is 0 Å². The van der Waals surface area contributed by atoms with Gasteiger partial charge in [0, 0.05) is 18.6 Å². The number of nitrogens with zero attached hydrogens (tertiary/aromatic N) is 3. The van der Waals surface area contributed by atoms with Crippen LogP contribution < -0.4 is 5.73 Å². The van der Waals surface area contributed by atoms with E-state index in [1.165, 1.54) is 6.26 Å². The molecule has 2 aromatic heterocycles. The molecule has 2 N–H and O–H groups in total. The number of nitrogen functional groups attached to an aromatic ring is 1. The highest BCUT2D eigenvalue weighted by Gasteiger charge is 2.16. The number of unbranched alkanes of at least 4 members (excludes halogenated alkanes) is 1. The van der Waals surface area contributed by atoms with E-state index in [4.69, 9.17) is 5.73 Å². The monoisotopic (exact) mass is 324 g/mol. The Morgan fingerprint density at radius 3 is 2.59 bits per heavy atom. The van der Waals surface area contributed by atoms with Crippen LogP contribution >= 0.6 is 0 Å². The number of imidazole rings is 1. The maximum Gasteiger partial charge on any atom is 0.151 e. The van der Waals surface area contributed by atoms with Crippen molar-refractivity contribution < 1.29 is 8.42 Å². The van der Waals surface area contributed by atoms with E-state index in [1.54, 1.807) is 6.33 Å². The molecule has 0 aromatic carbocycles. The molecule has 0 aliphatic heterocycles. The van der Waals surface area contributed by atoms with Crippen LogP contribution in [0.3, 0.4) is 0 Å². The van der Waals surface area contributed by atoms with E-state index in [0.29, 0.717) is 18.2 Å². The number of aryl methyl sites for hydroxylation is 2. The predicted molar refractivity (Wildman–Crippen MR) is 89.7 cm³/mol. The van der Waals surface area contributed by atoms with E-state index >= 15 is 0 Å². The van der Waals surface area contributed by atoms with E-state index in [2.05, 4.69) is 28.4 Å². The zero-order chi connectivity index (χ0) is 16.5. The topological polar surface area (TPSA) is 90.9 Å². The second kappa shape index (κ2) is 6.24. The fraction of sp³-hybridized carbons (Fsp3) is 0.600. The van der Waals surface area contributed by atoms with Gasteiger partial charge >= 0.3 is 0 Å². The van der Waals surface area contributed by atoms with Gasteiger partial charge in [0.15, 0.2) is 5.82 Å². The highest BCUT2D eigenvalue weighted by Crippen LogP contribution is 2.28. The molecule has 0 aliphatic rings. The lowest BCUT2D eigenvalue weighted by Crippen LogP contribution is -2.07. The van der Waals surface area contributed by atoms with Crippen molar-refractivity contribution in [2.45, 2.75) is 46.1 Å². The molecule has 122 valence electrons. The Labute approximate surface area is 131 Å². The minimum Gasteiger partial charge on any atom is -0.382 e. The van der Waals surface area contributed by atoms with Crippen LogP contribution in [0.25, 0.3) is 11.0 Å². The lowest BCUT2D eigenvalue weighted by Gasteiger charge is -2.13. The number of sulfone groups is 1.